The number of sulfonamides is 1. The molecule has 0 bridgehead atoms. The molecule has 4 nitrogen and oxygen atoms in total. The van der Waals surface area contributed by atoms with Crippen molar-refractivity contribution >= 4 is 38.9 Å². The van der Waals surface area contributed by atoms with Crippen LogP contribution in [0.3, 0.4) is 0 Å². The van der Waals surface area contributed by atoms with Gasteiger partial charge in [0.25, 0.3) is 0 Å². The zero-order valence-corrected chi connectivity index (χ0v) is 13.2. The van der Waals surface area contributed by atoms with Crippen molar-refractivity contribution in [3.63, 3.8) is 0 Å². The average Bonchev–Trinajstić information content (AvgIpc) is 2.43. The highest BCUT2D eigenvalue weighted by molar-refractivity contribution is 7.91. The highest BCUT2D eigenvalue weighted by Crippen LogP contribution is 2.31. The Morgan fingerprint density at radius 3 is 2.19 bits per heavy atom. The third kappa shape index (κ3) is 4.35. The molecule has 0 aliphatic heterocycles. The molecule has 7 heteroatoms. The summed E-state index contributed by atoms with van der Waals surface area (Å²) in [5.74, 6) is -0.234. The first-order valence-corrected chi connectivity index (χ1v) is 8.45. The van der Waals surface area contributed by atoms with E-state index in [0.717, 1.165) is 0 Å². The Hall–Kier alpha value is -1.27. The molecule has 2 aromatic carbocycles. The summed E-state index contributed by atoms with van der Waals surface area (Å²) in [6.07, 6.45) is 0. The third-order valence-corrected chi connectivity index (χ3v) is 4.61. The van der Waals surface area contributed by atoms with Crippen molar-refractivity contribution in [3.05, 3.63) is 63.6 Å². The van der Waals surface area contributed by atoms with Gasteiger partial charge in [-0.2, -0.15) is 0 Å². The highest BCUT2D eigenvalue weighted by Gasteiger charge is 2.16. The number of anilines is 1. The van der Waals surface area contributed by atoms with Gasteiger partial charge in [0.2, 0.25) is 10.0 Å². The van der Waals surface area contributed by atoms with Crippen LogP contribution in [0, 0.1) is 0 Å². The van der Waals surface area contributed by atoms with E-state index < -0.39 is 10.0 Å². The fourth-order valence-corrected chi connectivity index (χ4v) is 3.65. The maximum Gasteiger partial charge on any atom is 0.237 e. The molecule has 0 saturated carbocycles. The van der Waals surface area contributed by atoms with Crippen LogP contribution in [-0.2, 0) is 22.4 Å². The summed E-state index contributed by atoms with van der Waals surface area (Å²) in [5.41, 5.74) is 1.38. The predicted molar refractivity (Wildman–Crippen MR) is 85.1 cm³/mol. The van der Waals surface area contributed by atoms with Crippen LogP contribution >= 0.6 is 23.2 Å². The van der Waals surface area contributed by atoms with E-state index in [1.165, 1.54) is 0 Å². The van der Waals surface area contributed by atoms with E-state index in [1.807, 2.05) is 0 Å². The molecule has 0 aliphatic rings. The molecule has 0 amide bonds. The molecule has 0 heterocycles. The Bertz CT molecular complexity index is 727. The summed E-state index contributed by atoms with van der Waals surface area (Å²) >= 11 is 11.9. The predicted octanol–water partition coefficient (Wildman–Crippen LogP) is 3.43. The Morgan fingerprint density at radius 1 is 1.00 bits per heavy atom. The Balaban J connectivity index is 2.23. The maximum atomic E-state index is 12.2. The molecule has 2 rings (SSSR count). The molecule has 2 aromatic rings. The lowest BCUT2D eigenvalue weighted by Gasteiger charge is -2.11. The highest BCUT2D eigenvalue weighted by atomic mass is 35.5. The Labute approximate surface area is 133 Å². The standard InChI is InChI=1S/C14H13Cl2NO3S/c15-12-5-2-6-13(16)14(12)17-21(19,20)9-11-4-1-3-10(7-11)8-18/h1-7,17-18H,8-9H2. The quantitative estimate of drug-likeness (QED) is 0.872. The lowest BCUT2D eigenvalue weighted by atomic mass is 10.1. The van der Waals surface area contributed by atoms with Gasteiger partial charge in [0.05, 0.1) is 28.1 Å². The zero-order valence-electron chi connectivity index (χ0n) is 10.9. The van der Waals surface area contributed by atoms with E-state index in [4.69, 9.17) is 28.3 Å². The van der Waals surface area contributed by atoms with Gasteiger partial charge < -0.3 is 5.11 Å². The van der Waals surface area contributed by atoms with Gasteiger partial charge in [-0.15, -0.1) is 0 Å². The topological polar surface area (TPSA) is 66.4 Å². The fraction of sp³-hybridized carbons (Fsp3) is 0.143. The third-order valence-electron chi connectivity index (χ3n) is 2.75. The molecular formula is C14H13Cl2NO3S. The fourth-order valence-electron chi connectivity index (χ4n) is 1.82. The van der Waals surface area contributed by atoms with Crippen molar-refractivity contribution in [1.82, 2.24) is 0 Å². The van der Waals surface area contributed by atoms with Gasteiger partial charge in [-0.05, 0) is 23.3 Å². The lowest BCUT2D eigenvalue weighted by molar-refractivity contribution is 0.282. The minimum Gasteiger partial charge on any atom is -0.392 e. The van der Waals surface area contributed by atoms with Gasteiger partial charge in [0.15, 0.2) is 0 Å². The van der Waals surface area contributed by atoms with E-state index >= 15 is 0 Å². The Morgan fingerprint density at radius 2 is 1.57 bits per heavy atom. The van der Waals surface area contributed by atoms with E-state index in [2.05, 4.69) is 4.72 Å². The van der Waals surface area contributed by atoms with Crippen LogP contribution in [0.1, 0.15) is 11.1 Å². The first-order valence-electron chi connectivity index (χ1n) is 6.04. The van der Waals surface area contributed by atoms with Crippen LogP contribution in [0.25, 0.3) is 0 Å². The van der Waals surface area contributed by atoms with Gasteiger partial charge >= 0.3 is 0 Å². The number of hydrogen-bond donors (Lipinski definition) is 2. The largest absolute Gasteiger partial charge is 0.392 e. The van der Waals surface area contributed by atoms with Crippen LogP contribution in [0.4, 0.5) is 5.69 Å². The first-order chi connectivity index (χ1) is 9.91. The van der Waals surface area contributed by atoms with Crippen molar-refractivity contribution < 1.29 is 13.5 Å². The number of aliphatic hydroxyl groups is 1. The van der Waals surface area contributed by atoms with Crippen LogP contribution in [-0.4, -0.2) is 13.5 Å². The van der Waals surface area contributed by atoms with Crippen molar-refractivity contribution in [2.75, 3.05) is 4.72 Å². The van der Waals surface area contributed by atoms with E-state index in [-0.39, 0.29) is 28.1 Å². The maximum absolute atomic E-state index is 12.2. The number of benzene rings is 2. The van der Waals surface area contributed by atoms with Crippen LogP contribution < -0.4 is 4.72 Å². The minimum absolute atomic E-state index is 0.141. The molecule has 0 fully saturated rings. The number of hydrogen-bond acceptors (Lipinski definition) is 3. The van der Waals surface area contributed by atoms with Crippen LogP contribution in [0.15, 0.2) is 42.5 Å². The number of halogens is 2. The van der Waals surface area contributed by atoms with Crippen molar-refractivity contribution in [1.29, 1.82) is 0 Å². The number of para-hydroxylation sites is 1. The van der Waals surface area contributed by atoms with Crippen LogP contribution in [0.2, 0.25) is 10.0 Å². The molecule has 112 valence electrons. The van der Waals surface area contributed by atoms with Crippen molar-refractivity contribution in [3.8, 4) is 0 Å². The summed E-state index contributed by atoms with van der Waals surface area (Å²) < 4.78 is 26.8. The molecule has 0 radical (unpaired) electrons. The van der Waals surface area contributed by atoms with Crippen molar-refractivity contribution in [2.45, 2.75) is 12.4 Å². The molecule has 0 saturated heterocycles. The zero-order chi connectivity index (χ0) is 15.5. The molecule has 2 N–H and O–H groups in total. The average molecular weight is 346 g/mol. The molecule has 0 aliphatic carbocycles. The molecule has 0 unspecified atom stereocenters. The van der Waals surface area contributed by atoms with Crippen molar-refractivity contribution in [2.24, 2.45) is 0 Å². The van der Waals surface area contributed by atoms with Gasteiger partial charge in [0.1, 0.15) is 0 Å². The minimum atomic E-state index is -3.66. The summed E-state index contributed by atoms with van der Waals surface area (Å²) in [5, 5.41) is 9.53. The second-order valence-corrected chi connectivity index (χ2v) is 6.97. The van der Waals surface area contributed by atoms with Gasteiger partial charge in [-0.3, -0.25) is 4.72 Å². The molecule has 0 spiro atoms. The second kappa shape index (κ2) is 6.66. The summed E-state index contributed by atoms with van der Waals surface area (Å²) in [6.45, 7) is -0.141. The number of rotatable bonds is 5. The second-order valence-electron chi connectivity index (χ2n) is 4.44. The molecule has 0 atom stereocenters. The molecular weight excluding hydrogens is 333 g/mol. The Kier molecular flexibility index (Phi) is 5.11. The molecule has 0 aromatic heterocycles. The normalized spacial score (nSPS) is 11.4. The van der Waals surface area contributed by atoms with Gasteiger partial charge in [0, 0.05) is 0 Å². The lowest BCUT2D eigenvalue weighted by Crippen LogP contribution is -2.15. The number of nitrogens with one attached hydrogen (secondary N) is 1. The SMILES string of the molecule is O=S(=O)(Cc1cccc(CO)c1)Nc1c(Cl)cccc1Cl. The van der Waals surface area contributed by atoms with Crippen LogP contribution in [0.5, 0.6) is 0 Å². The summed E-state index contributed by atoms with van der Waals surface area (Å²) in [7, 11) is -3.66. The first kappa shape index (κ1) is 16.1. The van der Waals surface area contributed by atoms with E-state index in [1.54, 1.807) is 42.5 Å². The van der Waals surface area contributed by atoms with Gasteiger partial charge in [-0.1, -0.05) is 53.5 Å². The summed E-state index contributed by atoms with van der Waals surface area (Å²) in [6, 6.07) is 11.5. The van der Waals surface area contributed by atoms with E-state index in [9.17, 15) is 8.42 Å². The van der Waals surface area contributed by atoms with E-state index in [0.29, 0.717) is 11.1 Å². The van der Waals surface area contributed by atoms with Gasteiger partial charge in [-0.25, -0.2) is 8.42 Å². The smallest absolute Gasteiger partial charge is 0.237 e. The number of aliphatic hydroxyl groups excluding tert-OH is 1. The summed E-state index contributed by atoms with van der Waals surface area (Å²) in [4.78, 5) is 0. The molecule has 21 heavy (non-hydrogen) atoms. The monoisotopic (exact) mass is 345 g/mol.